The molecule has 2 nitrogen and oxygen atoms in total. The first kappa shape index (κ1) is 14.2. The summed E-state index contributed by atoms with van der Waals surface area (Å²) >= 11 is 0. The van der Waals surface area contributed by atoms with E-state index in [4.69, 9.17) is 0 Å². The molecule has 1 unspecified atom stereocenters. The molecule has 0 heterocycles. The Morgan fingerprint density at radius 2 is 1.59 bits per heavy atom. The Kier molecular flexibility index (Phi) is 5.66. The largest absolute Gasteiger partial charge is 0.388 e. The van der Waals surface area contributed by atoms with E-state index in [0.717, 1.165) is 31.6 Å². The van der Waals surface area contributed by atoms with Crippen LogP contribution in [-0.4, -0.2) is 29.6 Å². The minimum absolute atomic E-state index is 0.339. The van der Waals surface area contributed by atoms with Gasteiger partial charge in [-0.25, -0.2) is 0 Å². The monoisotopic (exact) mass is 235 g/mol. The van der Waals surface area contributed by atoms with E-state index in [-0.39, 0.29) is 6.10 Å². The molecular formula is C15H25NO. The Labute approximate surface area is 105 Å². The van der Waals surface area contributed by atoms with Crippen molar-refractivity contribution in [2.45, 2.75) is 40.2 Å². The number of aliphatic hydroxyl groups is 1. The number of nitrogens with zero attached hydrogens (tertiary/aromatic N) is 1. The molecule has 0 aliphatic carbocycles. The van der Waals surface area contributed by atoms with Gasteiger partial charge in [-0.1, -0.05) is 43.2 Å². The highest BCUT2D eigenvalue weighted by Gasteiger charge is 2.10. The number of benzene rings is 1. The number of hydrogen-bond donors (Lipinski definition) is 1. The Morgan fingerprint density at radius 3 is 2.06 bits per heavy atom. The first-order chi connectivity index (χ1) is 8.06. The highest BCUT2D eigenvalue weighted by Crippen LogP contribution is 2.20. The third-order valence-electron chi connectivity index (χ3n) is 3.24. The Morgan fingerprint density at radius 1 is 1.06 bits per heavy atom. The van der Waals surface area contributed by atoms with E-state index < -0.39 is 0 Å². The maximum absolute atomic E-state index is 10.2. The lowest BCUT2D eigenvalue weighted by atomic mass is 10.0. The first-order valence-corrected chi connectivity index (χ1v) is 6.55. The summed E-state index contributed by atoms with van der Waals surface area (Å²) < 4.78 is 0. The fraction of sp³-hybridized carbons (Fsp3) is 0.600. The van der Waals surface area contributed by atoms with E-state index in [9.17, 15) is 5.11 Å². The molecule has 0 radical (unpaired) electrons. The lowest BCUT2D eigenvalue weighted by Crippen LogP contribution is -2.25. The van der Waals surface area contributed by atoms with Gasteiger partial charge in [0, 0.05) is 6.54 Å². The minimum Gasteiger partial charge on any atom is -0.388 e. The van der Waals surface area contributed by atoms with Crippen LogP contribution in [0.1, 0.15) is 43.1 Å². The highest BCUT2D eigenvalue weighted by molar-refractivity contribution is 5.29. The Hall–Kier alpha value is -0.860. The molecule has 1 aromatic rings. The molecule has 0 spiro atoms. The quantitative estimate of drug-likeness (QED) is 0.819. The van der Waals surface area contributed by atoms with Crippen molar-refractivity contribution in [2.75, 3.05) is 19.6 Å². The second kappa shape index (κ2) is 6.77. The van der Waals surface area contributed by atoms with Gasteiger partial charge in [0.2, 0.25) is 0 Å². The number of rotatable bonds is 6. The smallest absolute Gasteiger partial charge is 0.0802 e. The van der Waals surface area contributed by atoms with E-state index in [1.807, 2.05) is 0 Å². The zero-order valence-electron chi connectivity index (χ0n) is 11.5. The van der Waals surface area contributed by atoms with Crippen LogP contribution in [0.2, 0.25) is 0 Å². The second-order valence-electron chi connectivity index (χ2n) is 4.75. The van der Waals surface area contributed by atoms with Gasteiger partial charge in [-0.05, 0) is 38.9 Å². The lowest BCUT2D eigenvalue weighted by molar-refractivity contribution is 0.145. The molecule has 1 N–H and O–H groups in total. The van der Waals surface area contributed by atoms with Gasteiger partial charge >= 0.3 is 0 Å². The molecule has 0 fully saturated rings. The molecule has 0 bridgehead atoms. The van der Waals surface area contributed by atoms with Crippen LogP contribution in [0.15, 0.2) is 18.2 Å². The zero-order chi connectivity index (χ0) is 12.8. The summed E-state index contributed by atoms with van der Waals surface area (Å²) in [7, 11) is 0. The maximum atomic E-state index is 10.2. The van der Waals surface area contributed by atoms with E-state index in [0.29, 0.717) is 0 Å². The normalized spacial score (nSPS) is 13.1. The fourth-order valence-corrected chi connectivity index (χ4v) is 2.21. The average Bonchev–Trinajstić information content (AvgIpc) is 2.28. The van der Waals surface area contributed by atoms with Gasteiger partial charge in [-0.15, -0.1) is 0 Å². The third-order valence-corrected chi connectivity index (χ3v) is 3.24. The van der Waals surface area contributed by atoms with E-state index >= 15 is 0 Å². The fourth-order valence-electron chi connectivity index (χ4n) is 2.21. The molecule has 1 rings (SSSR count). The molecule has 96 valence electrons. The van der Waals surface area contributed by atoms with Crippen molar-refractivity contribution in [1.82, 2.24) is 4.90 Å². The third kappa shape index (κ3) is 4.49. The van der Waals surface area contributed by atoms with Crippen LogP contribution in [0, 0.1) is 13.8 Å². The summed E-state index contributed by atoms with van der Waals surface area (Å²) in [4.78, 5) is 2.34. The summed E-state index contributed by atoms with van der Waals surface area (Å²) in [5.41, 5.74) is 3.50. The van der Waals surface area contributed by atoms with Gasteiger partial charge in [-0.2, -0.15) is 0 Å². The van der Waals surface area contributed by atoms with Gasteiger partial charge in [0.1, 0.15) is 0 Å². The summed E-state index contributed by atoms with van der Waals surface area (Å²) in [6.07, 6.45) is 0.471. The average molecular weight is 235 g/mol. The number of aliphatic hydroxyl groups excluding tert-OH is 1. The summed E-state index contributed by atoms with van der Waals surface area (Å²) in [6, 6.07) is 6.31. The summed E-state index contributed by atoms with van der Waals surface area (Å²) in [5.74, 6) is 0. The van der Waals surface area contributed by atoms with Crippen molar-refractivity contribution in [3.63, 3.8) is 0 Å². The molecule has 2 heteroatoms. The standard InChI is InChI=1S/C15H25NO/c1-5-16(6-2)8-7-15(17)14-10-12(3)9-13(4)11-14/h9-11,15,17H,5-8H2,1-4H3. The molecule has 17 heavy (non-hydrogen) atoms. The summed E-state index contributed by atoms with van der Waals surface area (Å²) in [6.45, 7) is 11.5. The second-order valence-corrected chi connectivity index (χ2v) is 4.75. The molecule has 1 atom stereocenters. The molecule has 0 aliphatic heterocycles. The van der Waals surface area contributed by atoms with Crippen LogP contribution >= 0.6 is 0 Å². The van der Waals surface area contributed by atoms with Crippen LogP contribution in [0.3, 0.4) is 0 Å². The predicted octanol–water partition coefficient (Wildman–Crippen LogP) is 3.07. The van der Waals surface area contributed by atoms with Crippen molar-refractivity contribution in [3.05, 3.63) is 34.9 Å². The Bertz CT molecular complexity index is 325. The highest BCUT2D eigenvalue weighted by atomic mass is 16.3. The van der Waals surface area contributed by atoms with Crippen LogP contribution < -0.4 is 0 Å². The predicted molar refractivity (Wildman–Crippen MR) is 73.3 cm³/mol. The van der Waals surface area contributed by atoms with E-state index in [2.05, 4.69) is 50.8 Å². The van der Waals surface area contributed by atoms with E-state index in [1.165, 1.54) is 11.1 Å². The van der Waals surface area contributed by atoms with Crippen molar-refractivity contribution in [3.8, 4) is 0 Å². The van der Waals surface area contributed by atoms with Gasteiger partial charge in [-0.3, -0.25) is 0 Å². The van der Waals surface area contributed by atoms with Gasteiger partial charge in [0.15, 0.2) is 0 Å². The molecule has 0 aliphatic rings. The summed E-state index contributed by atoms with van der Waals surface area (Å²) in [5, 5.41) is 10.2. The van der Waals surface area contributed by atoms with Crippen LogP contribution in [-0.2, 0) is 0 Å². The molecule has 0 saturated heterocycles. The maximum Gasteiger partial charge on any atom is 0.0802 e. The van der Waals surface area contributed by atoms with Gasteiger partial charge < -0.3 is 10.0 Å². The van der Waals surface area contributed by atoms with Crippen LogP contribution in [0.4, 0.5) is 0 Å². The lowest BCUT2D eigenvalue weighted by Gasteiger charge is -2.20. The molecule has 0 amide bonds. The number of hydrogen-bond acceptors (Lipinski definition) is 2. The first-order valence-electron chi connectivity index (χ1n) is 6.55. The van der Waals surface area contributed by atoms with Gasteiger partial charge in [0.25, 0.3) is 0 Å². The Balaban J connectivity index is 2.60. The van der Waals surface area contributed by atoms with Crippen molar-refractivity contribution in [2.24, 2.45) is 0 Å². The van der Waals surface area contributed by atoms with E-state index in [1.54, 1.807) is 0 Å². The SMILES string of the molecule is CCN(CC)CCC(O)c1cc(C)cc(C)c1. The van der Waals surface area contributed by atoms with Gasteiger partial charge in [0.05, 0.1) is 6.10 Å². The topological polar surface area (TPSA) is 23.5 Å². The zero-order valence-corrected chi connectivity index (χ0v) is 11.5. The minimum atomic E-state index is -0.339. The van der Waals surface area contributed by atoms with Crippen LogP contribution in [0.5, 0.6) is 0 Å². The molecule has 0 saturated carbocycles. The molecule has 1 aromatic carbocycles. The number of aryl methyl sites for hydroxylation is 2. The van der Waals surface area contributed by atoms with Crippen molar-refractivity contribution >= 4 is 0 Å². The van der Waals surface area contributed by atoms with Crippen LogP contribution in [0.25, 0.3) is 0 Å². The van der Waals surface area contributed by atoms with Crippen molar-refractivity contribution in [1.29, 1.82) is 0 Å². The molecule has 0 aromatic heterocycles. The molecular weight excluding hydrogens is 210 g/mol. The van der Waals surface area contributed by atoms with Crippen molar-refractivity contribution < 1.29 is 5.11 Å².